The molecule has 1 aliphatic carbocycles. The Balaban J connectivity index is 1.07. The van der Waals surface area contributed by atoms with E-state index in [1.54, 1.807) is 0 Å². The molecule has 0 amide bonds. The van der Waals surface area contributed by atoms with E-state index in [9.17, 15) is 0 Å². The van der Waals surface area contributed by atoms with Gasteiger partial charge in [0, 0.05) is 54.6 Å². The molecular weight excluding hydrogens is 809 g/mol. The van der Waals surface area contributed by atoms with Crippen molar-refractivity contribution in [2.45, 2.75) is 15.2 Å². The minimum absolute atomic E-state index is 0.477. The van der Waals surface area contributed by atoms with E-state index in [4.69, 9.17) is 4.42 Å². The lowest BCUT2D eigenvalue weighted by Crippen LogP contribution is -2.31. The largest absolute Gasteiger partial charge is 0.456 e. The molecule has 10 aromatic carbocycles. The molecule has 2 heterocycles. The van der Waals surface area contributed by atoms with Gasteiger partial charge in [0.2, 0.25) is 0 Å². The van der Waals surface area contributed by atoms with Crippen molar-refractivity contribution in [1.82, 2.24) is 0 Å². The first-order valence-corrected chi connectivity index (χ1v) is 23.0. The molecule has 1 aromatic heterocycles. The predicted molar refractivity (Wildman–Crippen MR) is 270 cm³/mol. The van der Waals surface area contributed by atoms with Gasteiger partial charge >= 0.3 is 0 Å². The highest BCUT2D eigenvalue weighted by atomic mass is 32.2. The van der Waals surface area contributed by atoms with Gasteiger partial charge in [-0.3, -0.25) is 0 Å². The third-order valence-electron chi connectivity index (χ3n) is 13.3. The maximum atomic E-state index is 6.40. The Morgan fingerprint density at radius 1 is 0.323 bits per heavy atom. The highest BCUT2D eigenvalue weighted by Crippen LogP contribution is 2.64. The Hall–Kier alpha value is -8.05. The number of anilines is 6. The molecule has 0 saturated heterocycles. The van der Waals surface area contributed by atoms with Crippen molar-refractivity contribution in [3.05, 3.63) is 265 Å². The van der Waals surface area contributed by atoms with E-state index in [-0.39, 0.29) is 0 Å². The van der Waals surface area contributed by atoms with Gasteiger partial charge < -0.3 is 14.2 Å². The van der Waals surface area contributed by atoms with Crippen LogP contribution in [0.25, 0.3) is 44.2 Å². The highest BCUT2D eigenvalue weighted by molar-refractivity contribution is 7.99. The fourth-order valence-corrected chi connectivity index (χ4v) is 11.9. The summed E-state index contributed by atoms with van der Waals surface area (Å²) < 4.78 is 6.40. The fraction of sp³-hybridized carbons (Fsp3) is 0.0164. The summed E-state index contributed by atoms with van der Waals surface area (Å²) >= 11 is 1.88. The molecule has 11 aromatic rings. The summed E-state index contributed by atoms with van der Waals surface area (Å²) in [6.07, 6.45) is 0. The zero-order valence-corrected chi connectivity index (χ0v) is 36.1. The number of hydrogen-bond donors (Lipinski definition) is 0. The number of nitrogens with zero attached hydrogens (tertiary/aromatic N) is 2. The van der Waals surface area contributed by atoms with Crippen LogP contribution in [0.15, 0.2) is 257 Å². The van der Waals surface area contributed by atoms with Crippen LogP contribution < -0.4 is 9.80 Å². The number of hydrogen-bond acceptors (Lipinski definition) is 4. The fourth-order valence-electron chi connectivity index (χ4n) is 10.7. The van der Waals surface area contributed by atoms with Crippen LogP contribution in [0.2, 0.25) is 0 Å². The summed E-state index contributed by atoms with van der Waals surface area (Å²) in [6.45, 7) is 0. The van der Waals surface area contributed by atoms with Gasteiger partial charge in [0.05, 0.1) is 11.1 Å². The van der Waals surface area contributed by atoms with E-state index < -0.39 is 5.41 Å². The van der Waals surface area contributed by atoms with Crippen molar-refractivity contribution in [1.29, 1.82) is 0 Å². The molecule has 3 nitrogen and oxygen atoms in total. The van der Waals surface area contributed by atoms with Crippen LogP contribution in [0, 0.1) is 0 Å². The molecule has 0 fully saturated rings. The number of furan rings is 1. The Morgan fingerprint density at radius 3 is 1.57 bits per heavy atom. The van der Waals surface area contributed by atoms with Gasteiger partial charge in [-0.2, -0.15) is 0 Å². The summed E-state index contributed by atoms with van der Waals surface area (Å²) in [5.74, 6) is 0. The minimum Gasteiger partial charge on any atom is -0.456 e. The SMILES string of the molecule is c1ccc(N(c2ccccc2)c2cccc(N(c3ccc4oc5ccccc5c4c3)c3ccccc3-c3cccc4c3-c3ccccc3C43c4ccccc4Sc4ccccc43)c2)cc1. The highest BCUT2D eigenvalue weighted by Gasteiger charge is 2.50. The second kappa shape index (κ2) is 15.0. The van der Waals surface area contributed by atoms with Gasteiger partial charge in [0.25, 0.3) is 0 Å². The van der Waals surface area contributed by atoms with Crippen LogP contribution in [0.1, 0.15) is 22.3 Å². The topological polar surface area (TPSA) is 19.6 Å². The smallest absolute Gasteiger partial charge is 0.135 e. The third kappa shape index (κ3) is 5.77. The summed E-state index contributed by atoms with van der Waals surface area (Å²) in [4.78, 5) is 7.37. The van der Waals surface area contributed by atoms with Gasteiger partial charge in [0.15, 0.2) is 0 Å². The second-order valence-electron chi connectivity index (χ2n) is 16.8. The number of rotatable bonds is 7. The maximum Gasteiger partial charge on any atom is 0.135 e. The van der Waals surface area contributed by atoms with Crippen molar-refractivity contribution in [3.8, 4) is 22.3 Å². The molecule has 0 N–H and O–H groups in total. The Labute approximate surface area is 382 Å². The van der Waals surface area contributed by atoms with Crippen molar-refractivity contribution in [3.63, 3.8) is 0 Å². The van der Waals surface area contributed by atoms with Gasteiger partial charge in [0.1, 0.15) is 11.2 Å². The molecule has 306 valence electrons. The minimum atomic E-state index is -0.477. The number of para-hydroxylation sites is 4. The van der Waals surface area contributed by atoms with E-state index in [0.717, 1.165) is 61.6 Å². The van der Waals surface area contributed by atoms with E-state index in [1.165, 1.54) is 48.7 Å². The summed E-state index contributed by atoms with van der Waals surface area (Å²) in [5, 5.41) is 2.18. The van der Waals surface area contributed by atoms with E-state index in [1.807, 2.05) is 17.8 Å². The van der Waals surface area contributed by atoms with Gasteiger partial charge in [-0.15, -0.1) is 0 Å². The third-order valence-corrected chi connectivity index (χ3v) is 14.5. The average Bonchev–Trinajstić information content (AvgIpc) is 3.89. The van der Waals surface area contributed by atoms with E-state index >= 15 is 0 Å². The lowest BCUT2D eigenvalue weighted by Gasteiger charge is -2.39. The zero-order chi connectivity index (χ0) is 42.9. The van der Waals surface area contributed by atoms with Gasteiger partial charge in [-0.05, 0) is 124 Å². The Morgan fingerprint density at radius 2 is 0.831 bits per heavy atom. The van der Waals surface area contributed by atoms with E-state index in [2.05, 4.69) is 246 Å². The van der Waals surface area contributed by atoms with Crippen LogP contribution >= 0.6 is 11.8 Å². The van der Waals surface area contributed by atoms with Crippen LogP contribution in [-0.2, 0) is 5.41 Å². The zero-order valence-electron chi connectivity index (χ0n) is 35.3. The molecule has 0 radical (unpaired) electrons. The average molecular weight is 849 g/mol. The second-order valence-corrected chi connectivity index (χ2v) is 17.9. The van der Waals surface area contributed by atoms with Gasteiger partial charge in [-0.25, -0.2) is 0 Å². The molecule has 0 unspecified atom stereocenters. The molecule has 1 spiro atoms. The first-order chi connectivity index (χ1) is 32.3. The lowest BCUT2D eigenvalue weighted by atomic mass is 9.67. The molecule has 0 atom stereocenters. The number of benzene rings is 10. The molecule has 0 saturated carbocycles. The molecule has 2 aliphatic rings. The molecule has 65 heavy (non-hydrogen) atoms. The first-order valence-electron chi connectivity index (χ1n) is 22.2. The van der Waals surface area contributed by atoms with Crippen molar-refractivity contribution >= 4 is 67.8 Å². The Bertz CT molecular complexity index is 3530. The van der Waals surface area contributed by atoms with Crippen LogP contribution in [0.4, 0.5) is 34.1 Å². The number of fused-ring (bicyclic) bond motifs is 12. The summed E-state index contributed by atoms with van der Waals surface area (Å²) in [7, 11) is 0. The molecule has 0 bridgehead atoms. The van der Waals surface area contributed by atoms with Crippen LogP contribution in [0.5, 0.6) is 0 Å². The predicted octanol–water partition coefficient (Wildman–Crippen LogP) is 17.0. The standard InChI is InChI=1S/C61H40N2OS/c1-3-19-41(20-4-1)62(42-21-5-2-6-22-42)43-23-17-24-44(39-43)63(45-37-38-57-50(40-45)47-26-9-14-34-56(47)64-57)55-33-13-8-25-46(55)48-28-18-32-54-60(48)49-27-7-10-29-51(49)61(54)52-30-11-15-35-58(52)65-59-36-16-12-31-53(59)61/h1-40H. The molecule has 1 aliphatic heterocycles. The van der Waals surface area contributed by atoms with Crippen molar-refractivity contribution in [2.75, 3.05) is 9.80 Å². The molecule has 13 rings (SSSR count). The lowest BCUT2D eigenvalue weighted by molar-refractivity contribution is 0.669. The monoisotopic (exact) mass is 848 g/mol. The van der Waals surface area contributed by atoms with E-state index in [0.29, 0.717) is 0 Å². The van der Waals surface area contributed by atoms with Crippen molar-refractivity contribution in [2.24, 2.45) is 0 Å². The van der Waals surface area contributed by atoms with Crippen LogP contribution in [0.3, 0.4) is 0 Å². The maximum absolute atomic E-state index is 6.40. The van der Waals surface area contributed by atoms with Gasteiger partial charge in [-0.1, -0.05) is 169 Å². The first kappa shape index (κ1) is 37.5. The quantitative estimate of drug-likeness (QED) is 0.159. The van der Waals surface area contributed by atoms with Crippen LogP contribution in [-0.4, -0.2) is 0 Å². The normalized spacial score (nSPS) is 13.0. The molecule has 4 heteroatoms. The summed E-state index contributed by atoms with van der Waals surface area (Å²) in [6, 6.07) is 88.2. The Kier molecular flexibility index (Phi) is 8.68. The van der Waals surface area contributed by atoms with Crippen molar-refractivity contribution < 1.29 is 4.42 Å². The molecular formula is C61H40N2OS. The summed E-state index contributed by atoms with van der Waals surface area (Å²) in [5.41, 5.74) is 17.8.